The average Bonchev–Trinajstić information content (AvgIpc) is 2.85. The molecule has 1 aromatic heterocycles. The lowest BCUT2D eigenvalue weighted by Crippen LogP contribution is -2.44. The third-order valence-corrected chi connectivity index (χ3v) is 3.87. The first-order valence-electron chi connectivity index (χ1n) is 8.13. The third kappa shape index (κ3) is 5.40. The van der Waals surface area contributed by atoms with Gasteiger partial charge in [0.25, 0.3) is 0 Å². The quantitative estimate of drug-likeness (QED) is 0.905. The summed E-state index contributed by atoms with van der Waals surface area (Å²) in [5.41, 5.74) is 0.197. The number of aromatic nitrogens is 2. The van der Waals surface area contributed by atoms with Gasteiger partial charge in [-0.15, -0.1) is 0 Å². The van der Waals surface area contributed by atoms with Crippen molar-refractivity contribution in [1.82, 2.24) is 20.4 Å². The molecule has 1 aliphatic heterocycles. The molecule has 0 aromatic carbocycles. The Morgan fingerprint density at radius 3 is 2.76 bits per heavy atom. The molecule has 21 heavy (non-hydrogen) atoms. The molecule has 0 saturated carbocycles. The first kappa shape index (κ1) is 16.4. The first-order valence-corrected chi connectivity index (χ1v) is 8.13. The maximum Gasteiger partial charge on any atom is 0.229 e. The van der Waals surface area contributed by atoms with E-state index in [9.17, 15) is 0 Å². The summed E-state index contributed by atoms with van der Waals surface area (Å²) in [6.07, 6.45) is 2.56. The second-order valence-electron chi connectivity index (χ2n) is 7.58. The van der Waals surface area contributed by atoms with Crippen LogP contribution in [-0.4, -0.2) is 40.2 Å². The Morgan fingerprint density at radius 1 is 1.38 bits per heavy atom. The molecule has 0 aliphatic carbocycles. The summed E-state index contributed by atoms with van der Waals surface area (Å²) in [5.74, 6) is 2.59. The zero-order valence-electron chi connectivity index (χ0n) is 14.1. The largest absolute Gasteiger partial charge is 0.339 e. The van der Waals surface area contributed by atoms with Crippen LogP contribution in [0.15, 0.2) is 4.52 Å². The van der Waals surface area contributed by atoms with Crippen LogP contribution in [0.4, 0.5) is 0 Å². The van der Waals surface area contributed by atoms with E-state index in [1.807, 2.05) is 0 Å². The van der Waals surface area contributed by atoms with Crippen molar-refractivity contribution in [2.75, 3.05) is 19.6 Å². The molecule has 5 nitrogen and oxygen atoms in total. The van der Waals surface area contributed by atoms with Crippen molar-refractivity contribution < 1.29 is 4.52 Å². The number of hydrogen-bond donors (Lipinski definition) is 1. The fraction of sp³-hybridized carbons (Fsp3) is 0.875. The predicted octanol–water partition coefficient (Wildman–Crippen LogP) is 2.79. The number of rotatable bonds is 5. The lowest BCUT2D eigenvalue weighted by molar-refractivity contribution is 0.155. The summed E-state index contributed by atoms with van der Waals surface area (Å²) in [7, 11) is 0. The summed E-state index contributed by atoms with van der Waals surface area (Å²) in [6.45, 7) is 15.0. The van der Waals surface area contributed by atoms with Crippen molar-refractivity contribution in [1.29, 1.82) is 0 Å². The molecular weight excluding hydrogens is 264 g/mol. The summed E-state index contributed by atoms with van der Waals surface area (Å²) in [4.78, 5) is 6.93. The van der Waals surface area contributed by atoms with Gasteiger partial charge < -0.3 is 9.84 Å². The van der Waals surface area contributed by atoms with Crippen LogP contribution in [0.1, 0.15) is 65.1 Å². The van der Waals surface area contributed by atoms with E-state index in [1.165, 1.54) is 12.8 Å². The average molecular weight is 294 g/mol. The number of hydrogen-bond acceptors (Lipinski definition) is 5. The molecule has 1 aliphatic rings. The first-order chi connectivity index (χ1) is 9.83. The van der Waals surface area contributed by atoms with E-state index >= 15 is 0 Å². The zero-order chi connectivity index (χ0) is 15.5. The standard InChI is InChI=1S/C16H30N4O/c1-12(2)15-18-14(19-21-15)11-20-8-6-7-13(10-20)9-17-16(3,4)5/h12-13,17H,6-11H2,1-5H3. The molecule has 1 saturated heterocycles. The minimum atomic E-state index is 0.197. The van der Waals surface area contributed by atoms with Crippen molar-refractivity contribution in [3.05, 3.63) is 11.7 Å². The van der Waals surface area contributed by atoms with Crippen LogP contribution in [0.2, 0.25) is 0 Å². The second kappa shape index (κ2) is 6.88. The van der Waals surface area contributed by atoms with Gasteiger partial charge in [-0.3, -0.25) is 4.90 Å². The Labute approximate surface area is 128 Å². The molecule has 0 spiro atoms. The van der Waals surface area contributed by atoms with Crippen LogP contribution in [-0.2, 0) is 6.54 Å². The summed E-state index contributed by atoms with van der Waals surface area (Å²) >= 11 is 0. The zero-order valence-corrected chi connectivity index (χ0v) is 14.1. The van der Waals surface area contributed by atoms with Gasteiger partial charge in [0.05, 0.1) is 6.54 Å². The van der Waals surface area contributed by atoms with Crippen LogP contribution < -0.4 is 5.32 Å². The van der Waals surface area contributed by atoms with Gasteiger partial charge in [0.15, 0.2) is 5.82 Å². The van der Waals surface area contributed by atoms with Crippen LogP contribution in [0.3, 0.4) is 0 Å². The van der Waals surface area contributed by atoms with E-state index in [1.54, 1.807) is 0 Å². The molecule has 2 rings (SSSR count). The highest BCUT2D eigenvalue weighted by atomic mass is 16.5. The lowest BCUT2D eigenvalue weighted by Gasteiger charge is -2.33. The molecular formula is C16H30N4O. The van der Waals surface area contributed by atoms with Gasteiger partial charge in [-0.25, -0.2) is 0 Å². The highest BCUT2D eigenvalue weighted by molar-refractivity contribution is 4.91. The van der Waals surface area contributed by atoms with E-state index in [4.69, 9.17) is 4.52 Å². The highest BCUT2D eigenvalue weighted by Crippen LogP contribution is 2.19. The van der Waals surface area contributed by atoms with Crippen LogP contribution in [0.25, 0.3) is 0 Å². The number of likely N-dealkylation sites (tertiary alicyclic amines) is 1. The summed E-state index contributed by atoms with van der Waals surface area (Å²) < 4.78 is 5.29. The Kier molecular flexibility index (Phi) is 5.38. The van der Waals surface area contributed by atoms with Crippen molar-refractivity contribution in [3.63, 3.8) is 0 Å². The Morgan fingerprint density at radius 2 is 2.14 bits per heavy atom. The maximum atomic E-state index is 5.29. The molecule has 1 aromatic rings. The molecule has 1 fully saturated rings. The summed E-state index contributed by atoms with van der Waals surface area (Å²) in [5, 5.41) is 7.72. The molecule has 1 unspecified atom stereocenters. The van der Waals surface area contributed by atoms with E-state index in [-0.39, 0.29) is 5.54 Å². The normalized spacial score (nSPS) is 21.1. The molecule has 0 amide bonds. The van der Waals surface area contributed by atoms with Crippen molar-refractivity contribution in [2.24, 2.45) is 5.92 Å². The molecule has 0 bridgehead atoms. The number of nitrogens with one attached hydrogen (secondary N) is 1. The number of piperidine rings is 1. The molecule has 120 valence electrons. The molecule has 1 atom stereocenters. The maximum absolute atomic E-state index is 5.29. The minimum Gasteiger partial charge on any atom is -0.339 e. The number of nitrogens with zero attached hydrogens (tertiary/aromatic N) is 3. The minimum absolute atomic E-state index is 0.197. The van der Waals surface area contributed by atoms with Crippen LogP contribution in [0, 0.1) is 5.92 Å². The van der Waals surface area contributed by atoms with E-state index < -0.39 is 0 Å². The fourth-order valence-electron chi connectivity index (χ4n) is 2.68. The molecule has 2 heterocycles. The Bertz CT molecular complexity index is 436. The summed E-state index contributed by atoms with van der Waals surface area (Å²) in [6, 6.07) is 0. The SMILES string of the molecule is CC(C)c1nc(CN2CCCC(CNC(C)(C)C)C2)no1. The van der Waals surface area contributed by atoms with Crippen LogP contribution in [0.5, 0.6) is 0 Å². The van der Waals surface area contributed by atoms with Gasteiger partial charge >= 0.3 is 0 Å². The predicted molar refractivity (Wildman–Crippen MR) is 84.1 cm³/mol. The van der Waals surface area contributed by atoms with Gasteiger partial charge in [0.2, 0.25) is 5.89 Å². The third-order valence-electron chi connectivity index (χ3n) is 3.87. The van der Waals surface area contributed by atoms with E-state index in [2.05, 4.69) is 55.0 Å². The molecule has 1 N–H and O–H groups in total. The highest BCUT2D eigenvalue weighted by Gasteiger charge is 2.23. The van der Waals surface area contributed by atoms with Gasteiger partial charge in [-0.2, -0.15) is 4.98 Å². The smallest absolute Gasteiger partial charge is 0.229 e. The van der Waals surface area contributed by atoms with E-state index in [0.717, 1.165) is 43.8 Å². The Hall–Kier alpha value is -0.940. The van der Waals surface area contributed by atoms with Gasteiger partial charge in [0, 0.05) is 18.0 Å². The topological polar surface area (TPSA) is 54.2 Å². The van der Waals surface area contributed by atoms with E-state index in [0.29, 0.717) is 5.92 Å². The molecule has 0 radical (unpaired) electrons. The van der Waals surface area contributed by atoms with Gasteiger partial charge in [0.1, 0.15) is 0 Å². The van der Waals surface area contributed by atoms with Crippen molar-refractivity contribution in [3.8, 4) is 0 Å². The monoisotopic (exact) mass is 294 g/mol. The second-order valence-corrected chi connectivity index (χ2v) is 7.58. The fourth-order valence-corrected chi connectivity index (χ4v) is 2.68. The van der Waals surface area contributed by atoms with Gasteiger partial charge in [-0.05, 0) is 52.6 Å². The molecule has 5 heteroatoms. The van der Waals surface area contributed by atoms with Crippen molar-refractivity contribution in [2.45, 2.75) is 65.5 Å². The van der Waals surface area contributed by atoms with Crippen molar-refractivity contribution >= 4 is 0 Å². The Balaban J connectivity index is 1.83. The van der Waals surface area contributed by atoms with Gasteiger partial charge in [-0.1, -0.05) is 19.0 Å². The van der Waals surface area contributed by atoms with Crippen LogP contribution >= 0.6 is 0 Å². The lowest BCUT2D eigenvalue weighted by atomic mass is 9.96.